The van der Waals surface area contributed by atoms with E-state index < -0.39 is 18.5 Å². The third kappa shape index (κ3) is 2.13. The highest BCUT2D eigenvalue weighted by Gasteiger charge is 2.15. The highest BCUT2D eigenvalue weighted by molar-refractivity contribution is 6.05. The van der Waals surface area contributed by atoms with Crippen molar-refractivity contribution in [3.05, 3.63) is 29.5 Å². The normalized spacial score (nSPS) is 10.5. The second-order valence-electron chi connectivity index (χ2n) is 3.82. The van der Waals surface area contributed by atoms with E-state index >= 15 is 0 Å². The minimum atomic E-state index is -1.08. The molecule has 2 rings (SSSR count). The first kappa shape index (κ1) is 12.0. The van der Waals surface area contributed by atoms with Crippen molar-refractivity contribution >= 4 is 22.8 Å². The van der Waals surface area contributed by atoms with Crippen molar-refractivity contribution in [3.8, 4) is 5.75 Å². The third-order valence-electron chi connectivity index (χ3n) is 2.53. The average Bonchev–Trinajstić information content (AvgIpc) is 2.61. The van der Waals surface area contributed by atoms with E-state index in [-0.39, 0.29) is 5.56 Å². The molecular formula is C12H11NO5. The van der Waals surface area contributed by atoms with Gasteiger partial charge >= 0.3 is 11.9 Å². The molecule has 0 saturated carbocycles. The Morgan fingerprint density at radius 2 is 2.06 bits per heavy atom. The summed E-state index contributed by atoms with van der Waals surface area (Å²) in [7, 11) is 0. The van der Waals surface area contributed by atoms with Crippen LogP contribution in [0.2, 0.25) is 0 Å². The van der Waals surface area contributed by atoms with Crippen molar-refractivity contribution < 1.29 is 24.5 Å². The van der Waals surface area contributed by atoms with Crippen LogP contribution in [0.1, 0.15) is 16.1 Å². The summed E-state index contributed by atoms with van der Waals surface area (Å²) in [4.78, 5) is 24.5. The molecule has 0 radical (unpaired) electrons. The van der Waals surface area contributed by atoms with E-state index in [0.717, 1.165) is 0 Å². The van der Waals surface area contributed by atoms with E-state index in [4.69, 9.17) is 14.9 Å². The molecule has 0 amide bonds. The van der Waals surface area contributed by atoms with Gasteiger partial charge in [-0.2, -0.15) is 0 Å². The van der Waals surface area contributed by atoms with Gasteiger partial charge in [0.2, 0.25) is 0 Å². The van der Waals surface area contributed by atoms with Crippen LogP contribution in [0.5, 0.6) is 5.75 Å². The first-order valence-corrected chi connectivity index (χ1v) is 5.19. The van der Waals surface area contributed by atoms with Crippen molar-refractivity contribution in [2.45, 2.75) is 6.92 Å². The van der Waals surface area contributed by atoms with Crippen LogP contribution in [0.25, 0.3) is 10.9 Å². The van der Waals surface area contributed by atoms with Crippen LogP contribution in [-0.4, -0.2) is 33.7 Å². The summed E-state index contributed by atoms with van der Waals surface area (Å²) in [5.41, 5.74) is 1.39. The number of nitrogens with one attached hydrogen (secondary N) is 1. The number of fused-ring (bicyclic) bond motifs is 1. The number of carbonyl (C=O) groups is 2. The minimum absolute atomic E-state index is 0.172. The molecule has 0 fully saturated rings. The number of carboxylic acids is 2. The van der Waals surface area contributed by atoms with E-state index in [1.165, 1.54) is 6.07 Å². The summed E-state index contributed by atoms with van der Waals surface area (Å²) >= 11 is 0. The maximum Gasteiger partial charge on any atom is 0.341 e. The van der Waals surface area contributed by atoms with Gasteiger partial charge in [0.05, 0.1) is 5.56 Å². The number of benzene rings is 1. The Labute approximate surface area is 102 Å². The molecule has 0 spiro atoms. The highest BCUT2D eigenvalue weighted by Crippen LogP contribution is 2.26. The number of hydrogen-bond acceptors (Lipinski definition) is 3. The van der Waals surface area contributed by atoms with Gasteiger partial charge < -0.3 is 19.9 Å². The Bertz CT molecular complexity index is 629. The minimum Gasteiger partial charge on any atom is -0.482 e. The number of aliphatic carboxylic acids is 1. The monoisotopic (exact) mass is 249 g/mol. The zero-order valence-corrected chi connectivity index (χ0v) is 9.56. The molecule has 0 aliphatic carbocycles. The lowest BCUT2D eigenvalue weighted by Gasteiger charge is -2.03. The molecule has 3 N–H and O–H groups in total. The number of aromatic nitrogens is 1. The Morgan fingerprint density at radius 3 is 2.67 bits per heavy atom. The molecule has 0 unspecified atom stereocenters. The van der Waals surface area contributed by atoms with Crippen LogP contribution >= 0.6 is 0 Å². The lowest BCUT2D eigenvalue weighted by molar-refractivity contribution is -0.139. The number of carboxylic acid groups (broad SMARTS) is 2. The second-order valence-corrected chi connectivity index (χ2v) is 3.82. The van der Waals surface area contributed by atoms with Gasteiger partial charge in [-0.15, -0.1) is 0 Å². The maximum absolute atomic E-state index is 11.1. The van der Waals surface area contributed by atoms with E-state index in [1.54, 1.807) is 19.1 Å². The van der Waals surface area contributed by atoms with E-state index in [0.29, 0.717) is 22.3 Å². The smallest absolute Gasteiger partial charge is 0.341 e. The molecule has 6 heteroatoms. The molecular weight excluding hydrogens is 238 g/mol. The van der Waals surface area contributed by atoms with E-state index in [1.807, 2.05) is 0 Å². The summed E-state index contributed by atoms with van der Waals surface area (Å²) in [6.07, 6.45) is 0. The molecule has 0 bridgehead atoms. The molecule has 1 aromatic heterocycles. The average molecular weight is 249 g/mol. The largest absolute Gasteiger partial charge is 0.482 e. The molecule has 0 atom stereocenters. The predicted molar refractivity (Wildman–Crippen MR) is 63.1 cm³/mol. The Morgan fingerprint density at radius 1 is 1.33 bits per heavy atom. The molecule has 6 nitrogen and oxygen atoms in total. The highest BCUT2D eigenvalue weighted by atomic mass is 16.5. The summed E-state index contributed by atoms with van der Waals surface area (Å²) in [6, 6.07) is 4.77. The molecule has 2 aromatic rings. The van der Waals surface area contributed by atoms with Gasteiger partial charge in [0.15, 0.2) is 6.61 Å². The van der Waals surface area contributed by atoms with Gasteiger partial charge in [-0.25, -0.2) is 9.59 Å². The summed E-state index contributed by atoms with van der Waals surface area (Å²) < 4.78 is 5.01. The number of H-pyrrole nitrogens is 1. The van der Waals surface area contributed by atoms with Crippen molar-refractivity contribution in [3.63, 3.8) is 0 Å². The summed E-state index contributed by atoms with van der Waals surface area (Å²) in [5.74, 6) is -1.79. The fourth-order valence-electron chi connectivity index (χ4n) is 1.82. The fourth-order valence-corrected chi connectivity index (χ4v) is 1.82. The second kappa shape index (κ2) is 4.40. The number of rotatable bonds is 4. The van der Waals surface area contributed by atoms with E-state index in [2.05, 4.69) is 4.98 Å². The van der Waals surface area contributed by atoms with Crippen molar-refractivity contribution in [2.75, 3.05) is 6.61 Å². The van der Waals surface area contributed by atoms with Crippen LogP contribution in [0.3, 0.4) is 0 Å². The Kier molecular flexibility index (Phi) is 2.93. The van der Waals surface area contributed by atoms with Gasteiger partial charge in [0.1, 0.15) is 5.75 Å². The molecule has 0 saturated heterocycles. The maximum atomic E-state index is 11.1. The van der Waals surface area contributed by atoms with Gasteiger partial charge in [0, 0.05) is 16.6 Å². The van der Waals surface area contributed by atoms with Crippen LogP contribution in [0, 0.1) is 6.92 Å². The quantitative estimate of drug-likeness (QED) is 0.764. The number of hydrogen-bond donors (Lipinski definition) is 3. The molecule has 94 valence electrons. The Hall–Kier alpha value is -2.50. The zero-order chi connectivity index (χ0) is 13.3. The van der Waals surface area contributed by atoms with Crippen molar-refractivity contribution in [2.24, 2.45) is 0 Å². The molecule has 1 heterocycles. The van der Waals surface area contributed by atoms with Gasteiger partial charge in [-0.1, -0.05) is 0 Å². The molecule has 1 aromatic carbocycles. The van der Waals surface area contributed by atoms with Crippen LogP contribution in [-0.2, 0) is 4.79 Å². The number of aromatic carboxylic acids is 1. The standard InChI is InChI=1S/C12H11NO5/c1-6-11(12(16)17)8-4-7(18-5-10(14)15)2-3-9(8)13-6/h2-4,13H,5H2,1H3,(H,14,15)(H,16,17). The van der Waals surface area contributed by atoms with Crippen LogP contribution < -0.4 is 4.74 Å². The molecule has 0 aliphatic heterocycles. The molecule has 0 aliphatic rings. The molecule has 18 heavy (non-hydrogen) atoms. The van der Waals surface area contributed by atoms with Gasteiger partial charge in [-0.3, -0.25) is 0 Å². The summed E-state index contributed by atoms with van der Waals surface area (Å²) in [5, 5.41) is 18.1. The van der Waals surface area contributed by atoms with Crippen molar-refractivity contribution in [1.29, 1.82) is 0 Å². The lowest BCUT2D eigenvalue weighted by Crippen LogP contribution is -2.09. The zero-order valence-electron chi connectivity index (χ0n) is 9.56. The fraction of sp³-hybridized carbons (Fsp3) is 0.167. The van der Waals surface area contributed by atoms with Crippen LogP contribution in [0.15, 0.2) is 18.2 Å². The first-order valence-electron chi connectivity index (χ1n) is 5.19. The Balaban J connectivity index is 2.45. The van der Waals surface area contributed by atoms with Gasteiger partial charge in [0.25, 0.3) is 0 Å². The number of aromatic amines is 1. The van der Waals surface area contributed by atoms with Crippen LogP contribution in [0.4, 0.5) is 0 Å². The topological polar surface area (TPSA) is 99.6 Å². The summed E-state index contributed by atoms with van der Waals surface area (Å²) in [6.45, 7) is 1.21. The number of ether oxygens (including phenoxy) is 1. The van der Waals surface area contributed by atoms with E-state index in [9.17, 15) is 9.59 Å². The predicted octanol–water partition coefficient (Wildman–Crippen LogP) is 1.64. The van der Waals surface area contributed by atoms with Gasteiger partial charge in [-0.05, 0) is 25.1 Å². The SMILES string of the molecule is Cc1[nH]c2ccc(OCC(=O)O)cc2c1C(=O)O. The van der Waals surface area contributed by atoms with Crippen molar-refractivity contribution in [1.82, 2.24) is 4.98 Å². The number of aryl methyl sites for hydroxylation is 1. The third-order valence-corrected chi connectivity index (χ3v) is 2.53. The lowest BCUT2D eigenvalue weighted by atomic mass is 10.1. The first-order chi connectivity index (χ1) is 8.49.